The van der Waals surface area contributed by atoms with Crippen molar-refractivity contribution >= 4 is 0 Å². The lowest BCUT2D eigenvalue weighted by Gasteiger charge is -2.13. The molecule has 0 bridgehead atoms. The van der Waals surface area contributed by atoms with E-state index in [0.717, 1.165) is 12.0 Å². The van der Waals surface area contributed by atoms with Gasteiger partial charge in [0, 0.05) is 19.4 Å². The van der Waals surface area contributed by atoms with Crippen LogP contribution >= 0.6 is 0 Å². The lowest BCUT2D eigenvalue weighted by atomic mass is 10.1. The van der Waals surface area contributed by atoms with Crippen LogP contribution in [0.1, 0.15) is 43.1 Å². The highest BCUT2D eigenvalue weighted by molar-refractivity contribution is 5.22. The average Bonchev–Trinajstić information content (AvgIpc) is 2.94. The number of aryl methyl sites for hydroxylation is 1. The van der Waals surface area contributed by atoms with Crippen LogP contribution in [-0.4, -0.2) is 16.7 Å². The molecule has 0 aliphatic rings. The van der Waals surface area contributed by atoms with Crippen molar-refractivity contribution in [3.05, 3.63) is 47.6 Å². The molecule has 2 aromatic rings. The highest BCUT2D eigenvalue weighted by Gasteiger charge is 2.20. The molecule has 0 amide bonds. The highest BCUT2D eigenvalue weighted by atomic mass is 16.5. The molecule has 5 nitrogen and oxygen atoms in total. The van der Waals surface area contributed by atoms with E-state index in [1.165, 1.54) is 0 Å². The van der Waals surface area contributed by atoms with Crippen LogP contribution in [-0.2, 0) is 11.2 Å². The second-order valence-corrected chi connectivity index (χ2v) is 4.30. The van der Waals surface area contributed by atoms with Crippen molar-refractivity contribution in [2.75, 3.05) is 6.61 Å². The van der Waals surface area contributed by atoms with Gasteiger partial charge in [-0.1, -0.05) is 35.5 Å². The van der Waals surface area contributed by atoms with Crippen molar-refractivity contribution in [2.24, 2.45) is 0 Å². The molecule has 2 rings (SSSR count). The van der Waals surface area contributed by atoms with Gasteiger partial charge in [-0.15, -0.1) is 0 Å². The molecule has 1 aromatic carbocycles. The molecule has 1 atom stereocenters. The van der Waals surface area contributed by atoms with Crippen molar-refractivity contribution < 1.29 is 9.26 Å². The van der Waals surface area contributed by atoms with Gasteiger partial charge in [0.25, 0.3) is 0 Å². The van der Waals surface area contributed by atoms with Crippen molar-refractivity contribution in [1.82, 2.24) is 10.1 Å². The van der Waals surface area contributed by atoms with E-state index in [2.05, 4.69) is 16.2 Å². The molecule has 0 radical (unpaired) electrons. The average molecular weight is 271 g/mol. The molecule has 0 aliphatic carbocycles. The first kappa shape index (κ1) is 14.2. The number of ether oxygens (including phenoxy) is 1. The normalized spacial score (nSPS) is 12.0. The molecule has 20 heavy (non-hydrogen) atoms. The maximum atomic E-state index is 8.52. The molecular weight excluding hydrogens is 254 g/mol. The summed E-state index contributed by atoms with van der Waals surface area (Å²) in [6.07, 6.45) is 1.53. The minimum absolute atomic E-state index is 0.310. The topological polar surface area (TPSA) is 71.9 Å². The van der Waals surface area contributed by atoms with Crippen LogP contribution in [0.15, 0.2) is 34.9 Å². The van der Waals surface area contributed by atoms with Gasteiger partial charge in [0.2, 0.25) is 11.7 Å². The summed E-state index contributed by atoms with van der Waals surface area (Å²) in [4.78, 5) is 4.37. The fourth-order valence-corrected chi connectivity index (χ4v) is 1.91. The first-order valence-corrected chi connectivity index (χ1v) is 6.71. The molecule has 0 spiro atoms. The molecule has 1 aromatic heterocycles. The fourth-order valence-electron chi connectivity index (χ4n) is 1.91. The first-order chi connectivity index (χ1) is 9.85. The largest absolute Gasteiger partial charge is 0.366 e. The van der Waals surface area contributed by atoms with E-state index in [4.69, 9.17) is 14.5 Å². The van der Waals surface area contributed by atoms with Crippen LogP contribution in [0.4, 0.5) is 0 Å². The van der Waals surface area contributed by atoms with Gasteiger partial charge in [-0.2, -0.15) is 10.2 Å². The lowest BCUT2D eigenvalue weighted by molar-refractivity contribution is 0.0833. The van der Waals surface area contributed by atoms with Crippen LogP contribution in [0.3, 0.4) is 0 Å². The van der Waals surface area contributed by atoms with E-state index in [0.29, 0.717) is 31.2 Å². The van der Waals surface area contributed by atoms with Gasteiger partial charge in [0.15, 0.2) is 0 Å². The molecule has 0 aliphatic heterocycles. The van der Waals surface area contributed by atoms with Gasteiger partial charge in [-0.3, -0.25) is 0 Å². The van der Waals surface area contributed by atoms with E-state index in [-0.39, 0.29) is 6.10 Å². The number of hydrogen-bond donors (Lipinski definition) is 0. The Bertz CT molecular complexity index is 560. The Kier molecular flexibility index (Phi) is 5.27. The standard InChI is InChI=1S/C15H17N3O2/c1-2-19-14(12-8-4-3-5-9-12)15-17-13(20-18-15)10-6-7-11-16/h3-5,8-9,14H,2,6-7,10H2,1H3. The molecule has 104 valence electrons. The van der Waals surface area contributed by atoms with Gasteiger partial charge < -0.3 is 9.26 Å². The Morgan fingerprint density at radius 1 is 1.35 bits per heavy atom. The van der Waals surface area contributed by atoms with E-state index < -0.39 is 0 Å². The van der Waals surface area contributed by atoms with Gasteiger partial charge >= 0.3 is 0 Å². The summed E-state index contributed by atoms with van der Waals surface area (Å²) in [6.45, 7) is 2.50. The number of nitriles is 1. The van der Waals surface area contributed by atoms with Crippen molar-refractivity contribution in [2.45, 2.75) is 32.3 Å². The summed E-state index contributed by atoms with van der Waals surface area (Å²) < 4.78 is 10.9. The number of nitrogens with zero attached hydrogens (tertiary/aromatic N) is 3. The van der Waals surface area contributed by atoms with Crippen LogP contribution < -0.4 is 0 Å². The minimum Gasteiger partial charge on any atom is -0.366 e. The molecule has 0 N–H and O–H groups in total. The number of unbranched alkanes of at least 4 members (excludes halogenated alkanes) is 1. The van der Waals surface area contributed by atoms with Gasteiger partial charge in [-0.25, -0.2) is 0 Å². The predicted molar refractivity (Wildman–Crippen MR) is 72.8 cm³/mol. The fraction of sp³-hybridized carbons (Fsp3) is 0.400. The van der Waals surface area contributed by atoms with Crippen LogP contribution in [0.2, 0.25) is 0 Å². The van der Waals surface area contributed by atoms with E-state index >= 15 is 0 Å². The van der Waals surface area contributed by atoms with Gasteiger partial charge in [-0.05, 0) is 18.9 Å². The number of aromatic nitrogens is 2. The van der Waals surface area contributed by atoms with Crippen LogP contribution in [0, 0.1) is 11.3 Å². The van der Waals surface area contributed by atoms with E-state index in [9.17, 15) is 0 Å². The lowest BCUT2D eigenvalue weighted by Crippen LogP contribution is -2.08. The zero-order chi connectivity index (χ0) is 14.2. The predicted octanol–water partition coefficient (Wildman–Crippen LogP) is 3.04. The Morgan fingerprint density at radius 2 is 2.15 bits per heavy atom. The summed E-state index contributed by atoms with van der Waals surface area (Å²) >= 11 is 0. The monoisotopic (exact) mass is 271 g/mol. The first-order valence-electron chi connectivity index (χ1n) is 6.71. The highest BCUT2D eigenvalue weighted by Crippen LogP contribution is 2.23. The smallest absolute Gasteiger partial charge is 0.226 e. The summed E-state index contributed by atoms with van der Waals surface area (Å²) in [6, 6.07) is 11.9. The van der Waals surface area contributed by atoms with Crippen LogP contribution in [0.25, 0.3) is 0 Å². The maximum Gasteiger partial charge on any atom is 0.226 e. The third-order valence-corrected chi connectivity index (χ3v) is 2.83. The van der Waals surface area contributed by atoms with E-state index in [1.807, 2.05) is 37.3 Å². The molecule has 0 fully saturated rings. The summed E-state index contributed by atoms with van der Waals surface area (Å²) in [5.74, 6) is 1.08. The number of hydrogen-bond acceptors (Lipinski definition) is 5. The summed E-state index contributed by atoms with van der Waals surface area (Å²) in [5.41, 5.74) is 0.999. The Morgan fingerprint density at radius 3 is 2.85 bits per heavy atom. The maximum absolute atomic E-state index is 8.52. The van der Waals surface area contributed by atoms with Crippen molar-refractivity contribution in [3.63, 3.8) is 0 Å². The minimum atomic E-state index is -0.310. The molecule has 5 heteroatoms. The SMILES string of the molecule is CCOC(c1ccccc1)c1noc(CCCC#N)n1. The van der Waals surface area contributed by atoms with Crippen LogP contribution in [0.5, 0.6) is 0 Å². The molecular formula is C15H17N3O2. The van der Waals surface area contributed by atoms with Gasteiger partial charge in [0.05, 0.1) is 6.07 Å². The quantitative estimate of drug-likeness (QED) is 0.724. The summed E-state index contributed by atoms with van der Waals surface area (Å²) in [7, 11) is 0. The third kappa shape index (κ3) is 3.65. The molecule has 1 heterocycles. The van der Waals surface area contributed by atoms with Gasteiger partial charge in [0.1, 0.15) is 6.10 Å². The van der Waals surface area contributed by atoms with E-state index in [1.54, 1.807) is 0 Å². The Hall–Kier alpha value is -2.19. The van der Waals surface area contributed by atoms with Crippen molar-refractivity contribution in [3.8, 4) is 6.07 Å². The number of benzene rings is 1. The Balaban J connectivity index is 2.12. The molecule has 0 saturated carbocycles. The second-order valence-electron chi connectivity index (χ2n) is 4.30. The second kappa shape index (κ2) is 7.41. The third-order valence-electron chi connectivity index (χ3n) is 2.83. The number of rotatable bonds is 7. The molecule has 1 unspecified atom stereocenters. The zero-order valence-corrected chi connectivity index (χ0v) is 11.5. The summed E-state index contributed by atoms with van der Waals surface area (Å²) in [5, 5.41) is 12.5. The Labute approximate surface area is 118 Å². The molecule has 0 saturated heterocycles. The zero-order valence-electron chi connectivity index (χ0n) is 11.5. The van der Waals surface area contributed by atoms with Crippen molar-refractivity contribution in [1.29, 1.82) is 5.26 Å².